The second-order valence-corrected chi connectivity index (χ2v) is 8.91. The van der Waals surface area contributed by atoms with Gasteiger partial charge in [-0.15, -0.1) is 0 Å². The minimum atomic E-state index is -4.71. The third-order valence-electron chi connectivity index (χ3n) is 5.64. The number of sulfonamides is 1. The molecular formula is C16H16F3N3O2S. The molecule has 2 bridgehead atoms. The number of hydrogen-bond acceptors (Lipinski definition) is 4. The van der Waals surface area contributed by atoms with Crippen molar-refractivity contribution in [3.63, 3.8) is 0 Å². The lowest BCUT2D eigenvalue weighted by Gasteiger charge is -2.44. The fourth-order valence-electron chi connectivity index (χ4n) is 4.53. The fourth-order valence-corrected chi connectivity index (χ4v) is 7.05. The molecule has 5 nitrogen and oxygen atoms in total. The number of hydrogen-bond donors (Lipinski definition) is 1. The van der Waals surface area contributed by atoms with Crippen molar-refractivity contribution in [1.82, 2.24) is 5.32 Å². The molecule has 0 spiro atoms. The molecule has 0 unspecified atom stereocenters. The van der Waals surface area contributed by atoms with Gasteiger partial charge in [-0.25, -0.2) is 8.42 Å². The van der Waals surface area contributed by atoms with Crippen LogP contribution in [0.1, 0.15) is 24.0 Å². The first-order valence-electron chi connectivity index (χ1n) is 8.10. The van der Waals surface area contributed by atoms with E-state index in [-0.39, 0.29) is 30.1 Å². The lowest BCUT2D eigenvalue weighted by molar-refractivity contribution is -0.137. The van der Waals surface area contributed by atoms with E-state index in [9.17, 15) is 21.6 Å². The van der Waals surface area contributed by atoms with Crippen molar-refractivity contribution < 1.29 is 21.6 Å². The zero-order valence-corrected chi connectivity index (χ0v) is 13.9. The standard InChI is InChI=1S/C16H16F3N3O2S/c17-16(18,19)13-5-11(3-1-9(13)6-20)22-8-12-14-4-2-10(7-21-14)15(12)25(22,23)24/h1,3,5,10,12,14-15,21H,2,4,7-8H2/t10-,12+,14-,15-/m1/s1. The second-order valence-electron chi connectivity index (χ2n) is 6.90. The van der Waals surface area contributed by atoms with Gasteiger partial charge in [0.25, 0.3) is 0 Å². The van der Waals surface area contributed by atoms with Crippen LogP contribution in [0.3, 0.4) is 0 Å². The van der Waals surface area contributed by atoms with Crippen molar-refractivity contribution in [2.24, 2.45) is 11.8 Å². The van der Waals surface area contributed by atoms with Crippen LogP contribution in [-0.4, -0.2) is 32.8 Å². The summed E-state index contributed by atoms with van der Waals surface area (Å²) in [6.07, 6.45) is -2.98. The highest BCUT2D eigenvalue weighted by Crippen LogP contribution is 2.46. The highest BCUT2D eigenvalue weighted by atomic mass is 32.2. The van der Waals surface area contributed by atoms with Crippen LogP contribution in [0.4, 0.5) is 18.9 Å². The highest BCUT2D eigenvalue weighted by molar-refractivity contribution is 7.93. The Morgan fingerprint density at radius 1 is 1.28 bits per heavy atom. The molecule has 0 aromatic heterocycles. The molecule has 134 valence electrons. The second kappa shape index (κ2) is 5.35. The summed E-state index contributed by atoms with van der Waals surface area (Å²) in [7, 11) is -3.71. The normalized spacial score (nSPS) is 33.1. The number of alkyl halides is 3. The van der Waals surface area contributed by atoms with Gasteiger partial charge in [-0.05, 0) is 43.5 Å². The molecule has 1 aliphatic carbocycles. The van der Waals surface area contributed by atoms with Crippen LogP contribution < -0.4 is 9.62 Å². The van der Waals surface area contributed by atoms with E-state index in [2.05, 4.69) is 5.32 Å². The van der Waals surface area contributed by atoms with E-state index in [1.807, 2.05) is 0 Å². The summed E-state index contributed by atoms with van der Waals surface area (Å²) in [6.45, 7) is 0.824. The van der Waals surface area contributed by atoms with Crippen LogP contribution in [0.25, 0.3) is 0 Å². The van der Waals surface area contributed by atoms with Gasteiger partial charge in [-0.1, -0.05) is 0 Å². The van der Waals surface area contributed by atoms with Gasteiger partial charge < -0.3 is 5.32 Å². The maximum Gasteiger partial charge on any atom is 0.417 e. The topological polar surface area (TPSA) is 73.2 Å². The van der Waals surface area contributed by atoms with Crippen molar-refractivity contribution >= 4 is 15.7 Å². The lowest BCUT2D eigenvalue weighted by atomic mass is 9.73. The van der Waals surface area contributed by atoms with Crippen LogP contribution in [0.2, 0.25) is 0 Å². The first-order chi connectivity index (χ1) is 11.7. The van der Waals surface area contributed by atoms with Crippen molar-refractivity contribution in [3.8, 4) is 6.07 Å². The van der Waals surface area contributed by atoms with Gasteiger partial charge >= 0.3 is 6.18 Å². The number of nitrogens with zero attached hydrogens (tertiary/aromatic N) is 2. The molecule has 25 heavy (non-hydrogen) atoms. The average molecular weight is 371 g/mol. The van der Waals surface area contributed by atoms with Crippen LogP contribution >= 0.6 is 0 Å². The first kappa shape index (κ1) is 16.7. The van der Waals surface area contributed by atoms with E-state index >= 15 is 0 Å². The summed E-state index contributed by atoms with van der Waals surface area (Å²) >= 11 is 0. The third kappa shape index (κ3) is 2.42. The molecule has 3 saturated heterocycles. The maximum atomic E-state index is 13.2. The molecule has 3 heterocycles. The minimum Gasteiger partial charge on any atom is -0.313 e. The number of anilines is 1. The fraction of sp³-hybridized carbons (Fsp3) is 0.562. The highest BCUT2D eigenvalue weighted by Gasteiger charge is 2.57. The Kier molecular flexibility index (Phi) is 3.57. The molecule has 1 aromatic rings. The quantitative estimate of drug-likeness (QED) is 0.821. The summed E-state index contributed by atoms with van der Waals surface area (Å²) in [5.41, 5.74) is -1.62. The van der Waals surface area contributed by atoms with Gasteiger partial charge in [0.15, 0.2) is 0 Å². The van der Waals surface area contributed by atoms with Crippen LogP contribution in [0, 0.1) is 23.2 Å². The predicted molar refractivity (Wildman–Crippen MR) is 84.2 cm³/mol. The van der Waals surface area contributed by atoms with Crippen molar-refractivity contribution in [2.45, 2.75) is 30.3 Å². The molecular weight excluding hydrogens is 355 g/mol. The Hall–Kier alpha value is -1.79. The molecule has 5 rings (SSSR count). The predicted octanol–water partition coefficient (Wildman–Crippen LogP) is 2.09. The largest absolute Gasteiger partial charge is 0.417 e. The molecule has 3 aliphatic heterocycles. The van der Waals surface area contributed by atoms with Gasteiger partial charge in [0.2, 0.25) is 10.0 Å². The number of fused-ring (bicyclic) bond motifs is 2. The van der Waals surface area contributed by atoms with Crippen LogP contribution in [0.15, 0.2) is 18.2 Å². The number of nitrogens with one attached hydrogen (secondary N) is 1. The molecule has 1 N–H and O–H groups in total. The van der Waals surface area contributed by atoms with Gasteiger partial charge in [0.1, 0.15) is 0 Å². The Bertz CT molecular complexity index is 854. The summed E-state index contributed by atoms with van der Waals surface area (Å²) in [5, 5.41) is 11.7. The molecule has 0 amide bonds. The zero-order valence-electron chi connectivity index (χ0n) is 13.1. The molecule has 9 heteroatoms. The molecule has 1 saturated carbocycles. The van der Waals surface area contributed by atoms with E-state index < -0.39 is 32.6 Å². The summed E-state index contributed by atoms with van der Waals surface area (Å²) in [5.74, 6) is -0.104. The van der Waals surface area contributed by atoms with E-state index in [0.717, 1.165) is 29.3 Å². The molecule has 4 atom stereocenters. The Morgan fingerprint density at radius 2 is 2.04 bits per heavy atom. The van der Waals surface area contributed by atoms with Gasteiger partial charge in [0, 0.05) is 18.5 Å². The van der Waals surface area contributed by atoms with Crippen molar-refractivity contribution in [2.75, 3.05) is 17.4 Å². The van der Waals surface area contributed by atoms with Crippen molar-refractivity contribution in [1.29, 1.82) is 5.26 Å². The molecule has 1 aromatic carbocycles. The summed E-state index contributed by atoms with van der Waals surface area (Å²) in [4.78, 5) is 0. The smallest absolute Gasteiger partial charge is 0.313 e. The van der Waals surface area contributed by atoms with Gasteiger partial charge in [-0.2, -0.15) is 18.4 Å². The number of rotatable bonds is 1. The average Bonchev–Trinajstić information content (AvgIpc) is 2.88. The number of nitriles is 1. The van der Waals surface area contributed by atoms with Crippen molar-refractivity contribution in [3.05, 3.63) is 29.3 Å². The molecule has 4 aliphatic rings. The third-order valence-corrected chi connectivity index (χ3v) is 8.04. The molecule has 0 radical (unpaired) electrons. The number of benzene rings is 1. The zero-order chi connectivity index (χ0) is 18.0. The van der Waals surface area contributed by atoms with Gasteiger partial charge in [0.05, 0.1) is 28.1 Å². The van der Waals surface area contributed by atoms with Crippen LogP contribution in [-0.2, 0) is 16.2 Å². The van der Waals surface area contributed by atoms with E-state index in [0.29, 0.717) is 6.54 Å². The molecule has 4 fully saturated rings. The number of piperidine rings is 2. The van der Waals surface area contributed by atoms with E-state index in [1.165, 1.54) is 12.1 Å². The summed E-state index contributed by atoms with van der Waals surface area (Å²) < 4.78 is 66.7. The Morgan fingerprint density at radius 3 is 2.60 bits per heavy atom. The minimum absolute atomic E-state index is 0.00506. The monoisotopic (exact) mass is 371 g/mol. The Balaban J connectivity index is 1.77. The maximum absolute atomic E-state index is 13.2. The van der Waals surface area contributed by atoms with Gasteiger partial charge in [-0.3, -0.25) is 4.31 Å². The Labute approximate surface area is 143 Å². The number of halogens is 3. The SMILES string of the molecule is N#Cc1ccc(N2C[C@@H]3[C@@H]([C@@H]4CC[C@H]3NC4)S2(=O)=O)cc1C(F)(F)F. The first-order valence-corrected chi connectivity index (χ1v) is 9.60. The van der Waals surface area contributed by atoms with Crippen LogP contribution in [0.5, 0.6) is 0 Å². The summed E-state index contributed by atoms with van der Waals surface area (Å²) in [6, 6.07) is 4.72. The van der Waals surface area contributed by atoms with E-state index in [4.69, 9.17) is 5.26 Å². The lowest BCUT2D eigenvalue weighted by Crippen LogP contribution is -2.58. The van der Waals surface area contributed by atoms with E-state index in [1.54, 1.807) is 0 Å².